The molecule has 1 atom stereocenters. The summed E-state index contributed by atoms with van der Waals surface area (Å²) in [6, 6.07) is 16.0. The average molecular weight is 285 g/mol. The minimum atomic E-state index is -0.127. The van der Waals surface area contributed by atoms with Crippen LogP contribution < -0.4 is 5.32 Å². The number of thioether (sulfide) groups is 1. The molecule has 2 aromatic carbocycles. The zero-order valence-corrected chi connectivity index (χ0v) is 12.8. The van der Waals surface area contributed by atoms with Gasteiger partial charge in [0.1, 0.15) is 0 Å². The van der Waals surface area contributed by atoms with E-state index in [-0.39, 0.29) is 11.2 Å². The zero-order valence-electron chi connectivity index (χ0n) is 12.0. The highest BCUT2D eigenvalue weighted by atomic mass is 32.2. The van der Waals surface area contributed by atoms with E-state index in [9.17, 15) is 4.79 Å². The summed E-state index contributed by atoms with van der Waals surface area (Å²) in [5.74, 6) is 0.0332. The molecule has 0 saturated heterocycles. The van der Waals surface area contributed by atoms with Crippen LogP contribution in [-0.2, 0) is 4.79 Å². The first-order chi connectivity index (χ1) is 9.56. The van der Waals surface area contributed by atoms with Crippen molar-refractivity contribution in [1.29, 1.82) is 0 Å². The Balaban J connectivity index is 2.01. The molecule has 3 heteroatoms. The first kappa shape index (κ1) is 14.7. The quantitative estimate of drug-likeness (QED) is 0.842. The molecule has 0 unspecified atom stereocenters. The summed E-state index contributed by atoms with van der Waals surface area (Å²) in [4.78, 5) is 13.3. The number of amides is 1. The predicted octanol–water partition coefficient (Wildman–Crippen LogP) is 4.42. The van der Waals surface area contributed by atoms with Crippen molar-refractivity contribution in [1.82, 2.24) is 0 Å². The van der Waals surface area contributed by atoms with E-state index in [1.54, 1.807) is 11.8 Å². The Bertz CT molecular complexity index is 595. The maximum atomic E-state index is 12.2. The SMILES string of the molecule is Cc1ccc(NC(=O)[C@H](C)Sc2ccccc2)c(C)c1. The van der Waals surface area contributed by atoms with Gasteiger partial charge in [0, 0.05) is 10.6 Å². The summed E-state index contributed by atoms with van der Waals surface area (Å²) in [6.45, 7) is 5.99. The molecule has 0 heterocycles. The van der Waals surface area contributed by atoms with Gasteiger partial charge in [0.05, 0.1) is 5.25 Å². The van der Waals surface area contributed by atoms with E-state index in [1.165, 1.54) is 5.56 Å². The molecular formula is C17H19NOS. The molecule has 2 aromatic rings. The van der Waals surface area contributed by atoms with Gasteiger partial charge in [0.2, 0.25) is 5.91 Å². The van der Waals surface area contributed by atoms with Crippen LogP contribution in [-0.4, -0.2) is 11.2 Å². The average Bonchev–Trinajstić information content (AvgIpc) is 2.43. The van der Waals surface area contributed by atoms with Gasteiger partial charge in [-0.1, -0.05) is 35.9 Å². The van der Waals surface area contributed by atoms with E-state index in [1.807, 2.05) is 63.2 Å². The second kappa shape index (κ2) is 6.62. The Hall–Kier alpha value is -1.74. The number of carbonyl (C=O) groups excluding carboxylic acids is 1. The van der Waals surface area contributed by atoms with Crippen LogP contribution in [0.5, 0.6) is 0 Å². The lowest BCUT2D eigenvalue weighted by atomic mass is 10.1. The second-order valence-electron chi connectivity index (χ2n) is 4.88. The van der Waals surface area contributed by atoms with Crippen LogP contribution >= 0.6 is 11.8 Å². The highest BCUT2D eigenvalue weighted by Crippen LogP contribution is 2.24. The van der Waals surface area contributed by atoms with Crippen LogP contribution in [0.2, 0.25) is 0 Å². The van der Waals surface area contributed by atoms with Crippen molar-refractivity contribution in [2.24, 2.45) is 0 Å². The summed E-state index contributed by atoms with van der Waals surface area (Å²) >= 11 is 1.57. The Morgan fingerprint density at radius 2 is 1.80 bits per heavy atom. The van der Waals surface area contributed by atoms with Crippen molar-refractivity contribution >= 4 is 23.4 Å². The molecule has 0 bridgehead atoms. The van der Waals surface area contributed by atoms with E-state index >= 15 is 0 Å². The van der Waals surface area contributed by atoms with Crippen LogP contribution in [0.25, 0.3) is 0 Å². The first-order valence-corrected chi connectivity index (χ1v) is 7.54. The standard InChI is InChI=1S/C17H19NOS/c1-12-9-10-16(13(2)11-12)18-17(19)14(3)20-15-7-5-4-6-8-15/h4-11,14H,1-3H3,(H,18,19)/t14-/m0/s1. The molecule has 2 nitrogen and oxygen atoms in total. The fourth-order valence-electron chi connectivity index (χ4n) is 1.94. The smallest absolute Gasteiger partial charge is 0.237 e. The van der Waals surface area contributed by atoms with Crippen LogP contribution in [0, 0.1) is 13.8 Å². The molecule has 0 radical (unpaired) electrons. The molecule has 2 rings (SSSR count). The molecule has 0 fully saturated rings. The monoisotopic (exact) mass is 285 g/mol. The van der Waals surface area contributed by atoms with Gasteiger partial charge in [-0.2, -0.15) is 0 Å². The minimum Gasteiger partial charge on any atom is -0.325 e. The van der Waals surface area contributed by atoms with Crippen molar-refractivity contribution in [2.75, 3.05) is 5.32 Å². The number of rotatable bonds is 4. The third-order valence-corrected chi connectivity index (χ3v) is 4.18. The Labute approximate surface area is 124 Å². The van der Waals surface area contributed by atoms with Crippen molar-refractivity contribution in [3.05, 3.63) is 59.7 Å². The molecule has 0 spiro atoms. The predicted molar refractivity (Wildman–Crippen MR) is 86.3 cm³/mol. The van der Waals surface area contributed by atoms with E-state index in [0.29, 0.717) is 0 Å². The number of hydrogen-bond donors (Lipinski definition) is 1. The third-order valence-electron chi connectivity index (χ3n) is 3.07. The summed E-state index contributed by atoms with van der Waals surface area (Å²) < 4.78 is 0. The molecular weight excluding hydrogens is 266 g/mol. The highest BCUT2D eigenvalue weighted by molar-refractivity contribution is 8.00. The highest BCUT2D eigenvalue weighted by Gasteiger charge is 2.15. The summed E-state index contributed by atoms with van der Waals surface area (Å²) in [5, 5.41) is 2.87. The molecule has 0 aliphatic heterocycles. The molecule has 0 aromatic heterocycles. The number of aryl methyl sites for hydroxylation is 2. The van der Waals surface area contributed by atoms with Crippen molar-refractivity contribution in [3.63, 3.8) is 0 Å². The molecule has 0 aliphatic carbocycles. The van der Waals surface area contributed by atoms with Gasteiger partial charge in [-0.3, -0.25) is 4.79 Å². The summed E-state index contributed by atoms with van der Waals surface area (Å²) in [7, 11) is 0. The lowest BCUT2D eigenvalue weighted by Gasteiger charge is -2.14. The maximum absolute atomic E-state index is 12.2. The van der Waals surface area contributed by atoms with Gasteiger partial charge in [-0.05, 0) is 44.5 Å². The third kappa shape index (κ3) is 3.87. The normalized spacial score (nSPS) is 11.9. The van der Waals surface area contributed by atoms with Crippen molar-refractivity contribution in [3.8, 4) is 0 Å². The van der Waals surface area contributed by atoms with Gasteiger partial charge in [-0.25, -0.2) is 0 Å². The Kier molecular flexibility index (Phi) is 4.85. The Morgan fingerprint density at radius 1 is 1.10 bits per heavy atom. The molecule has 0 aliphatic rings. The number of benzene rings is 2. The second-order valence-corrected chi connectivity index (χ2v) is 6.29. The molecule has 1 amide bonds. The van der Waals surface area contributed by atoms with Crippen LogP contribution in [0.3, 0.4) is 0 Å². The molecule has 104 valence electrons. The number of hydrogen-bond acceptors (Lipinski definition) is 2. The number of carbonyl (C=O) groups is 1. The zero-order chi connectivity index (χ0) is 14.5. The van der Waals surface area contributed by atoms with Crippen LogP contribution in [0.1, 0.15) is 18.1 Å². The van der Waals surface area contributed by atoms with Crippen molar-refractivity contribution < 1.29 is 4.79 Å². The minimum absolute atomic E-state index is 0.0332. The van der Waals surface area contributed by atoms with Gasteiger partial charge in [-0.15, -0.1) is 11.8 Å². The van der Waals surface area contributed by atoms with Crippen LogP contribution in [0.4, 0.5) is 5.69 Å². The van der Waals surface area contributed by atoms with Crippen molar-refractivity contribution in [2.45, 2.75) is 30.9 Å². The molecule has 0 saturated carbocycles. The van der Waals surface area contributed by atoms with Gasteiger partial charge in [0.15, 0.2) is 0 Å². The van der Waals surface area contributed by atoms with Gasteiger partial charge >= 0.3 is 0 Å². The lowest BCUT2D eigenvalue weighted by Crippen LogP contribution is -2.22. The molecule has 20 heavy (non-hydrogen) atoms. The van der Waals surface area contributed by atoms with Crippen LogP contribution in [0.15, 0.2) is 53.4 Å². The van der Waals surface area contributed by atoms with Gasteiger partial charge < -0.3 is 5.32 Å². The lowest BCUT2D eigenvalue weighted by molar-refractivity contribution is -0.115. The summed E-state index contributed by atoms with van der Waals surface area (Å²) in [6.07, 6.45) is 0. The fraction of sp³-hybridized carbons (Fsp3) is 0.235. The first-order valence-electron chi connectivity index (χ1n) is 6.66. The number of nitrogens with one attached hydrogen (secondary N) is 1. The van der Waals surface area contributed by atoms with E-state index < -0.39 is 0 Å². The summed E-state index contributed by atoms with van der Waals surface area (Å²) in [5.41, 5.74) is 3.18. The number of anilines is 1. The Morgan fingerprint density at radius 3 is 2.45 bits per heavy atom. The van der Waals surface area contributed by atoms with Gasteiger partial charge in [0.25, 0.3) is 0 Å². The fourth-order valence-corrected chi connectivity index (χ4v) is 2.83. The van der Waals surface area contributed by atoms with E-state index in [2.05, 4.69) is 11.4 Å². The topological polar surface area (TPSA) is 29.1 Å². The largest absolute Gasteiger partial charge is 0.325 e. The molecule has 1 N–H and O–H groups in total. The van der Waals surface area contributed by atoms with E-state index in [0.717, 1.165) is 16.1 Å². The maximum Gasteiger partial charge on any atom is 0.237 e. The van der Waals surface area contributed by atoms with E-state index in [4.69, 9.17) is 0 Å².